The fourth-order valence-electron chi connectivity index (χ4n) is 3.25. The van der Waals surface area contributed by atoms with E-state index in [2.05, 4.69) is 11.4 Å². The third-order valence-electron chi connectivity index (χ3n) is 4.63. The number of fused-ring (bicyclic) bond motifs is 1. The molecular formula is C18H23NO4. The van der Waals surface area contributed by atoms with Crippen molar-refractivity contribution in [3.63, 3.8) is 0 Å². The second-order valence-electron chi connectivity index (χ2n) is 6.30. The largest absolute Gasteiger partial charge is 0.374 e. The molecule has 1 saturated heterocycles. The molecule has 0 aromatic carbocycles. The lowest BCUT2D eigenvalue weighted by Gasteiger charge is -2.17. The second kappa shape index (κ2) is 7.23. The predicted molar refractivity (Wildman–Crippen MR) is 85.5 cm³/mol. The Kier molecular flexibility index (Phi) is 5.08. The Bertz CT molecular complexity index is 557. The van der Waals surface area contributed by atoms with Gasteiger partial charge in [0, 0.05) is 13.2 Å². The van der Waals surface area contributed by atoms with E-state index in [1.807, 2.05) is 6.08 Å². The zero-order chi connectivity index (χ0) is 16.2. The Balaban J connectivity index is 1.50. The van der Waals surface area contributed by atoms with Crippen molar-refractivity contribution in [1.29, 1.82) is 0 Å². The van der Waals surface area contributed by atoms with Gasteiger partial charge in [-0.2, -0.15) is 0 Å². The highest BCUT2D eigenvalue weighted by atomic mass is 16.6. The molecule has 3 unspecified atom stereocenters. The van der Waals surface area contributed by atoms with Crippen molar-refractivity contribution in [2.24, 2.45) is 5.92 Å². The summed E-state index contributed by atoms with van der Waals surface area (Å²) >= 11 is 0. The molecule has 1 heterocycles. The highest BCUT2D eigenvalue weighted by Crippen LogP contribution is 2.34. The quantitative estimate of drug-likeness (QED) is 0.479. The fraction of sp³-hybridized carbons (Fsp3) is 0.556. The van der Waals surface area contributed by atoms with E-state index in [1.54, 1.807) is 19.3 Å². The van der Waals surface area contributed by atoms with Crippen LogP contribution in [0.15, 0.2) is 36.1 Å². The molecule has 2 fully saturated rings. The van der Waals surface area contributed by atoms with Crippen molar-refractivity contribution in [1.82, 2.24) is 5.32 Å². The molecule has 1 N–H and O–H groups in total. The molecule has 0 aromatic heterocycles. The van der Waals surface area contributed by atoms with Gasteiger partial charge in [-0.1, -0.05) is 37.5 Å². The summed E-state index contributed by atoms with van der Waals surface area (Å²) < 4.78 is 10.5. The van der Waals surface area contributed by atoms with E-state index in [4.69, 9.17) is 9.47 Å². The first-order chi connectivity index (χ1) is 11.2. The number of ether oxygens (including phenoxy) is 2. The molecule has 5 nitrogen and oxygen atoms in total. The molecule has 0 bridgehead atoms. The van der Waals surface area contributed by atoms with Gasteiger partial charge in [0.1, 0.15) is 12.2 Å². The van der Waals surface area contributed by atoms with Crippen molar-refractivity contribution < 1.29 is 19.1 Å². The summed E-state index contributed by atoms with van der Waals surface area (Å²) in [6.07, 6.45) is 14.3. The zero-order valence-electron chi connectivity index (χ0n) is 13.4. The van der Waals surface area contributed by atoms with E-state index in [-0.39, 0.29) is 29.6 Å². The SMILES string of the molecule is COC1C=C(NC(=O)/C=C/C=C/C2CCCCC2)C(=O)C2OC12. The normalized spacial score (nSPS) is 31.3. The number of allylic oxidation sites excluding steroid dienone is 3. The number of methoxy groups -OCH3 is 1. The number of hydrogen-bond acceptors (Lipinski definition) is 4. The van der Waals surface area contributed by atoms with Crippen LogP contribution < -0.4 is 5.32 Å². The zero-order valence-corrected chi connectivity index (χ0v) is 13.4. The van der Waals surface area contributed by atoms with Crippen LogP contribution in [0.2, 0.25) is 0 Å². The highest BCUT2D eigenvalue weighted by Gasteiger charge is 2.53. The molecule has 23 heavy (non-hydrogen) atoms. The topological polar surface area (TPSA) is 67.9 Å². The van der Waals surface area contributed by atoms with Gasteiger partial charge in [-0.3, -0.25) is 9.59 Å². The van der Waals surface area contributed by atoms with E-state index in [0.29, 0.717) is 5.92 Å². The van der Waals surface area contributed by atoms with Crippen LogP contribution in [-0.4, -0.2) is 37.1 Å². The van der Waals surface area contributed by atoms with Gasteiger partial charge >= 0.3 is 0 Å². The number of ketones is 1. The molecule has 5 heteroatoms. The van der Waals surface area contributed by atoms with Crippen LogP contribution >= 0.6 is 0 Å². The molecule has 3 aliphatic rings. The fourth-order valence-corrected chi connectivity index (χ4v) is 3.25. The van der Waals surface area contributed by atoms with Crippen molar-refractivity contribution in [2.75, 3.05) is 7.11 Å². The van der Waals surface area contributed by atoms with Gasteiger partial charge in [0.15, 0.2) is 6.10 Å². The van der Waals surface area contributed by atoms with Gasteiger partial charge in [0.05, 0.1) is 5.70 Å². The van der Waals surface area contributed by atoms with E-state index in [1.165, 1.54) is 38.2 Å². The molecule has 3 atom stereocenters. The van der Waals surface area contributed by atoms with Crippen LogP contribution in [0.25, 0.3) is 0 Å². The maximum absolute atomic E-state index is 12.0. The number of Topliss-reactive ketones (excluding diaryl/α,β-unsaturated/α-hetero) is 1. The third-order valence-corrected chi connectivity index (χ3v) is 4.63. The molecule has 2 aliphatic carbocycles. The minimum atomic E-state index is -0.463. The molecule has 1 amide bonds. The van der Waals surface area contributed by atoms with Crippen LogP contribution in [0.1, 0.15) is 32.1 Å². The molecule has 0 spiro atoms. The highest BCUT2D eigenvalue weighted by molar-refractivity contribution is 6.06. The monoisotopic (exact) mass is 317 g/mol. The summed E-state index contributed by atoms with van der Waals surface area (Å²) in [7, 11) is 1.56. The summed E-state index contributed by atoms with van der Waals surface area (Å²) in [5.74, 6) is 0.139. The summed E-state index contributed by atoms with van der Waals surface area (Å²) in [5, 5.41) is 2.62. The molecule has 0 radical (unpaired) electrons. The van der Waals surface area contributed by atoms with Gasteiger partial charge in [-0.05, 0) is 24.8 Å². The first-order valence-corrected chi connectivity index (χ1v) is 8.29. The number of carbonyl (C=O) groups excluding carboxylic acids is 2. The van der Waals surface area contributed by atoms with Gasteiger partial charge in [-0.25, -0.2) is 0 Å². The van der Waals surface area contributed by atoms with Crippen LogP contribution in [-0.2, 0) is 19.1 Å². The molecule has 1 aliphatic heterocycles. The molecule has 124 valence electrons. The summed E-state index contributed by atoms with van der Waals surface area (Å²) in [6.45, 7) is 0. The van der Waals surface area contributed by atoms with Crippen molar-refractivity contribution >= 4 is 11.7 Å². The summed E-state index contributed by atoms with van der Waals surface area (Å²) in [5.41, 5.74) is 0.265. The van der Waals surface area contributed by atoms with Gasteiger partial charge in [-0.15, -0.1) is 0 Å². The summed E-state index contributed by atoms with van der Waals surface area (Å²) in [6, 6.07) is 0. The van der Waals surface area contributed by atoms with Crippen molar-refractivity contribution in [2.45, 2.75) is 50.4 Å². The van der Waals surface area contributed by atoms with Crippen LogP contribution in [0.3, 0.4) is 0 Å². The number of hydrogen-bond donors (Lipinski definition) is 1. The van der Waals surface area contributed by atoms with Crippen LogP contribution in [0.4, 0.5) is 0 Å². The first kappa shape index (κ1) is 16.1. The Morgan fingerprint density at radius 1 is 1.30 bits per heavy atom. The average molecular weight is 317 g/mol. The van der Waals surface area contributed by atoms with E-state index >= 15 is 0 Å². The number of rotatable bonds is 5. The Labute approximate surface area is 136 Å². The number of epoxide rings is 1. The molecule has 1 saturated carbocycles. The van der Waals surface area contributed by atoms with Crippen molar-refractivity contribution in [3.8, 4) is 0 Å². The number of nitrogens with one attached hydrogen (secondary N) is 1. The number of carbonyl (C=O) groups is 2. The second-order valence-corrected chi connectivity index (χ2v) is 6.30. The van der Waals surface area contributed by atoms with E-state index in [0.717, 1.165) is 0 Å². The summed E-state index contributed by atoms with van der Waals surface area (Å²) in [4.78, 5) is 23.9. The minimum Gasteiger partial charge on any atom is -0.374 e. The van der Waals surface area contributed by atoms with E-state index in [9.17, 15) is 9.59 Å². The first-order valence-electron chi connectivity index (χ1n) is 8.29. The van der Waals surface area contributed by atoms with Crippen molar-refractivity contribution in [3.05, 3.63) is 36.1 Å². The third kappa shape index (κ3) is 3.98. The minimum absolute atomic E-state index is 0.178. The van der Waals surface area contributed by atoms with Crippen LogP contribution in [0.5, 0.6) is 0 Å². The molecular weight excluding hydrogens is 294 g/mol. The lowest BCUT2D eigenvalue weighted by molar-refractivity contribution is -0.121. The maximum Gasteiger partial charge on any atom is 0.248 e. The van der Waals surface area contributed by atoms with Gasteiger partial charge in [0.25, 0.3) is 0 Å². The van der Waals surface area contributed by atoms with Gasteiger partial charge < -0.3 is 14.8 Å². The smallest absolute Gasteiger partial charge is 0.248 e. The lowest BCUT2D eigenvalue weighted by atomic mass is 9.89. The number of amides is 1. The Hall–Kier alpha value is -1.72. The average Bonchev–Trinajstić information content (AvgIpc) is 3.36. The lowest BCUT2D eigenvalue weighted by Crippen LogP contribution is -2.36. The standard InChI is InChI=1S/C18H23NO4/c1-22-14-11-13(16(21)18-17(14)23-18)19-15(20)10-6-5-9-12-7-3-2-4-8-12/h5-6,9-12,14,17-18H,2-4,7-8H2,1H3,(H,19,20)/b9-5+,10-6+. The predicted octanol–water partition coefficient (Wildman–Crippen LogP) is 2.04. The maximum atomic E-state index is 12.0. The Morgan fingerprint density at radius 2 is 2.09 bits per heavy atom. The van der Waals surface area contributed by atoms with E-state index < -0.39 is 6.10 Å². The Morgan fingerprint density at radius 3 is 2.83 bits per heavy atom. The molecule has 0 aromatic rings. The van der Waals surface area contributed by atoms with Gasteiger partial charge in [0.2, 0.25) is 11.7 Å². The molecule has 3 rings (SSSR count). The van der Waals surface area contributed by atoms with Crippen LogP contribution in [0, 0.1) is 5.92 Å².